The molecule has 0 amide bonds. The summed E-state index contributed by atoms with van der Waals surface area (Å²) in [6, 6.07) is 11.9. The lowest BCUT2D eigenvalue weighted by Gasteiger charge is -2.14. The molecule has 3 aromatic rings. The minimum atomic E-state index is -1.10. The lowest BCUT2D eigenvalue weighted by molar-refractivity contribution is 0.0691. The second kappa shape index (κ2) is 5.72. The highest BCUT2D eigenvalue weighted by Crippen LogP contribution is 2.29. The molecule has 0 aliphatic heterocycles. The van der Waals surface area contributed by atoms with Gasteiger partial charge in [-0.2, -0.15) is 5.10 Å². The number of nitrogens with zero attached hydrogens (tertiary/aromatic N) is 3. The number of halogens is 1. The van der Waals surface area contributed by atoms with Crippen molar-refractivity contribution in [3.8, 4) is 0 Å². The molecule has 0 aliphatic carbocycles. The number of rotatable bonds is 4. The van der Waals surface area contributed by atoms with E-state index in [4.69, 9.17) is 0 Å². The van der Waals surface area contributed by atoms with Gasteiger partial charge in [0, 0.05) is 25.3 Å². The van der Waals surface area contributed by atoms with Gasteiger partial charge < -0.3 is 10.0 Å². The molecule has 23 heavy (non-hydrogen) atoms. The number of carbonyl (C=O) groups is 1. The fraction of sp³-hybridized carbons (Fsp3) is 0.176. The minimum absolute atomic E-state index is 0.0272. The number of fused-ring (bicyclic) bond motifs is 1. The number of benzene rings is 2. The van der Waals surface area contributed by atoms with Gasteiger partial charge in [-0.15, -0.1) is 0 Å². The largest absolute Gasteiger partial charge is 0.476 e. The van der Waals surface area contributed by atoms with Gasteiger partial charge >= 0.3 is 5.97 Å². The van der Waals surface area contributed by atoms with Gasteiger partial charge in [0.25, 0.3) is 0 Å². The molecule has 2 aromatic carbocycles. The summed E-state index contributed by atoms with van der Waals surface area (Å²) in [5.41, 5.74) is 1.86. The summed E-state index contributed by atoms with van der Waals surface area (Å²) in [4.78, 5) is 13.4. The normalized spacial score (nSPS) is 10.9. The second-order valence-corrected chi connectivity index (χ2v) is 5.47. The Labute approximate surface area is 132 Å². The molecule has 0 radical (unpaired) electrons. The third kappa shape index (κ3) is 2.63. The molecule has 0 atom stereocenters. The molecule has 5 nitrogen and oxygen atoms in total. The Morgan fingerprint density at radius 2 is 1.96 bits per heavy atom. The molecule has 3 rings (SSSR count). The maximum atomic E-state index is 13.9. The number of carboxylic acid groups (broad SMARTS) is 1. The van der Waals surface area contributed by atoms with Crippen molar-refractivity contribution in [2.75, 3.05) is 19.0 Å². The average Bonchev–Trinajstić information content (AvgIpc) is 2.88. The predicted molar refractivity (Wildman–Crippen MR) is 86.5 cm³/mol. The van der Waals surface area contributed by atoms with Gasteiger partial charge in [-0.25, -0.2) is 9.18 Å². The van der Waals surface area contributed by atoms with Gasteiger partial charge in [-0.1, -0.05) is 24.3 Å². The van der Waals surface area contributed by atoms with Gasteiger partial charge in [-0.3, -0.25) is 4.68 Å². The fourth-order valence-electron chi connectivity index (χ4n) is 2.64. The summed E-state index contributed by atoms with van der Waals surface area (Å²) in [7, 11) is 3.68. The van der Waals surface area contributed by atoms with Crippen LogP contribution in [0.2, 0.25) is 0 Å². The van der Waals surface area contributed by atoms with Gasteiger partial charge in [0.1, 0.15) is 5.82 Å². The molecular formula is C17H16FN3O2. The molecule has 118 valence electrons. The quantitative estimate of drug-likeness (QED) is 0.804. The number of aromatic carboxylic acids is 1. The molecule has 0 fully saturated rings. The second-order valence-electron chi connectivity index (χ2n) is 5.47. The standard InChI is InChI=1S/C17H16FN3O2/c1-20(2)13-8-5-9-14-15(13)16(17(22)23)19-21(14)10-11-6-3-4-7-12(11)18/h3-9H,10H2,1-2H3,(H,22,23). The highest BCUT2D eigenvalue weighted by Gasteiger charge is 2.20. The summed E-state index contributed by atoms with van der Waals surface area (Å²) in [5.74, 6) is -1.44. The van der Waals surface area contributed by atoms with Crippen LogP contribution in [0.15, 0.2) is 42.5 Å². The summed E-state index contributed by atoms with van der Waals surface area (Å²) in [6.45, 7) is 0.174. The van der Waals surface area contributed by atoms with Crippen LogP contribution >= 0.6 is 0 Å². The summed E-state index contributed by atoms with van der Waals surface area (Å²) < 4.78 is 15.4. The van der Waals surface area contributed by atoms with Crippen molar-refractivity contribution in [1.29, 1.82) is 0 Å². The molecule has 1 heterocycles. The van der Waals surface area contributed by atoms with Crippen LogP contribution in [0.3, 0.4) is 0 Å². The molecular weight excluding hydrogens is 297 g/mol. The Morgan fingerprint density at radius 3 is 2.61 bits per heavy atom. The van der Waals surface area contributed by atoms with Crippen molar-refractivity contribution in [2.24, 2.45) is 0 Å². The van der Waals surface area contributed by atoms with E-state index in [1.165, 1.54) is 10.7 Å². The monoisotopic (exact) mass is 313 g/mol. The highest BCUT2D eigenvalue weighted by molar-refractivity contribution is 6.07. The predicted octanol–water partition coefficient (Wildman–Crippen LogP) is 2.99. The zero-order valence-electron chi connectivity index (χ0n) is 12.8. The average molecular weight is 313 g/mol. The van der Waals surface area contributed by atoms with E-state index in [2.05, 4.69) is 5.10 Å². The van der Waals surface area contributed by atoms with E-state index in [9.17, 15) is 14.3 Å². The Hall–Kier alpha value is -2.89. The smallest absolute Gasteiger partial charge is 0.357 e. The summed E-state index contributed by atoms with van der Waals surface area (Å²) in [5, 5.41) is 14.2. The van der Waals surface area contributed by atoms with E-state index in [1.54, 1.807) is 24.3 Å². The van der Waals surface area contributed by atoms with Crippen LogP contribution in [0.25, 0.3) is 10.9 Å². The first-order chi connectivity index (χ1) is 11.0. The van der Waals surface area contributed by atoms with Crippen molar-refractivity contribution >= 4 is 22.6 Å². The SMILES string of the molecule is CN(C)c1cccc2c1c(C(=O)O)nn2Cc1ccccc1F. The Bertz CT molecular complexity index is 887. The van der Waals surface area contributed by atoms with E-state index in [-0.39, 0.29) is 18.1 Å². The van der Waals surface area contributed by atoms with Crippen LogP contribution in [0.5, 0.6) is 0 Å². The van der Waals surface area contributed by atoms with Crippen molar-refractivity contribution in [2.45, 2.75) is 6.54 Å². The van der Waals surface area contributed by atoms with Crippen LogP contribution < -0.4 is 4.90 Å². The molecule has 0 spiro atoms. The molecule has 1 N–H and O–H groups in total. The zero-order chi connectivity index (χ0) is 16.6. The summed E-state index contributed by atoms with van der Waals surface area (Å²) in [6.07, 6.45) is 0. The molecule has 1 aromatic heterocycles. The van der Waals surface area contributed by atoms with Crippen molar-refractivity contribution in [3.05, 3.63) is 59.5 Å². The van der Waals surface area contributed by atoms with Crippen molar-refractivity contribution < 1.29 is 14.3 Å². The Kier molecular flexibility index (Phi) is 3.73. The number of carboxylic acids is 1. The number of hydrogen-bond donors (Lipinski definition) is 1. The van der Waals surface area contributed by atoms with Gasteiger partial charge in [0.15, 0.2) is 5.69 Å². The van der Waals surface area contributed by atoms with Crippen LogP contribution in [0.1, 0.15) is 16.1 Å². The molecule has 6 heteroatoms. The Balaban J connectivity index is 2.21. The fourth-order valence-corrected chi connectivity index (χ4v) is 2.64. The third-order valence-corrected chi connectivity index (χ3v) is 3.72. The van der Waals surface area contributed by atoms with E-state index in [1.807, 2.05) is 31.1 Å². The minimum Gasteiger partial charge on any atom is -0.476 e. The van der Waals surface area contributed by atoms with E-state index in [0.717, 1.165) is 5.69 Å². The first-order valence-electron chi connectivity index (χ1n) is 7.12. The molecule has 0 saturated heterocycles. The van der Waals surface area contributed by atoms with Gasteiger partial charge in [0.2, 0.25) is 0 Å². The first kappa shape index (κ1) is 15.0. The number of anilines is 1. The van der Waals surface area contributed by atoms with Crippen molar-refractivity contribution in [3.63, 3.8) is 0 Å². The molecule has 0 unspecified atom stereocenters. The molecule has 0 bridgehead atoms. The maximum absolute atomic E-state index is 13.9. The van der Waals surface area contributed by atoms with E-state index >= 15 is 0 Å². The van der Waals surface area contributed by atoms with Crippen LogP contribution in [0, 0.1) is 5.82 Å². The number of hydrogen-bond acceptors (Lipinski definition) is 3. The first-order valence-corrected chi connectivity index (χ1v) is 7.12. The van der Waals surface area contributed by atoms with Gasteiger partial charge in [-0.05, 0) is 18.2 Å². The van der Waals surface area contributed by atoms with Gasteiger partial charge in [0.05, 0.1) is 17.4 Å². The topological polar surface area (TPSA) is 58.4 Å². The Morgan fingerprint density at radius 1 is 1.22 bits per heavy atom. The highest BCUT2D eigenvalue weighted by atomic mass is 19.1. The van der Waals surface area contributed by atoms with Crippen LogP contribution in [-0.4, -0.2) is 35.0 Å². The maximum Gasteiger partial charge on any atom is 0.357 e. The molecule has 0 aliphatic rings. The third-order valence-electron chi connectivity index (χ3n) is 3.72. The van der Waals surface area contributed by atoms with Crippen molar-refractivity contribution in [1.82, 2.24) is 9.78 Å². The summed E-state index contributed by atoms with van der Waals surface area (Å²) >= 11 is 0. The van der Waals surface area contributed by atoms with E-state index < -0.39 is 5.97 Å². The lowest BCUT2D eigenvalue weighted by atomic mass is 10.1. The number of aromatic nitrogens is 2. The van der Waals surface area contributed by atoms with E-state index in [0.29, 0.717) is 16.5 Å². The van der Waals surface area contributed by atoms with Crippen LogP contribution in [0.4, 0.5) is 10.1 Å². The molecule has 0 saturated carbocycles. The van der Waals surface area contributed by atoms with Crippen LogP contribution in [-0.2, 0) is 6.54 Å². The lowest BCUT2D eigenvalue weighted by Crippen LogP contribution is -2.10. The zero-order valence-corrected chi connectivity index (χ0v) is 12.8.